The predicted molar refractivity (Wildman–Crippen MR) is 70.1 cm³/mol. The van der Waals surface area contributed by atoms with Gasteiger partial charge < -0.3 is 34.7 Å². The first kappa shape index (κ1) is 20.6. The molecule has 1 aliphatic rings. The predicted octanol–water partition coefficient (Wildman–Crippen LogP) is -2.62. The molecule has 0 aromatic heterocycles. The average molecular weight is 381 g/mol. The van der Waals surface area contributed by atoms with Crippen molar-refractivity contribution in [3.05, 3.63) is 0 Å². The van der Waals surface area contributed by atoms with Gasteiger partial charge in [-0.15, -0.1) is 0 Å². The third-order valence-corrected chi connectivity index (χ3v) is 4.23. The molecule has 0 saturated carbocycles. The van der Waals surface area contributed by atoms with Gasteiger partial charge in [0.2, 0.25) is 0 Å². The Morgan fingerprint density at radius 3 is 2.30 bits per heavy atom. The summed E-state index contributed by atoms with van der Waals surface area (Å²) in [4.78, 5) is 36.8. The minimum absolute atomic E-state index is 0.608. The SMILES string of the molecule is O=C(O)CNCP(=O)(O)O[C@H]1O[C@H](COP(=O)(O)O)[C@@H](O)[C@H]1O. The van der Waals surface area contributed by atoms with Crippen molar-refractivity contribution < 1.29 is 57.7 Å². The third-order valence-electron chi connectivity index (χ3n) is 2.58. The molecule has 7 N–H and O–H groups in total. The van der Waals surface area contributed by atoms with Crippen molar-refractivity contribution in [2.24, 2.45) is 0 Å². The molecule has 15 heteroatoms. The molecule has 1 heterocycles. The summed E-state index contributed by atoms with van der Waals surface area (Å²) in [6.45, 7) is -1.40. The van der Waals surface area contributed by atoms with Crippen LogP contribution in [-0.4, -0.2) is 80.0 Å². The van der Waals surface area contributed by atoms with Crippen molar-refractivity contribution in [1.29, 1.82) is 0 Å². The summed E-state index contributed by atoms with van der Waals surface area (Å²) in [6.07, 6.45) is -7.39. The van der Waals surface area contributed by atoms with E-state index in [1.807, 2.05) is 0 Å². The molecule has 0 bridgehead atoms. The summed E-state index contributed by atoms with van der Waals surface area (Å²) < 4.78 is 35.8. The quantitative estimate of drug-likeness (QED) is 0.204. The molecule has 5 atom stereocenters. The first-order chi connectivity index (χ1) is 10.4. The summed E-state index contributed by atoms with van der Waals surface area (Å²) in [7, 11) is -9.24. The van der Waals surface area contributed by atoms with Gasteiger partial charge in [-0.1, -0.05) is 0 Å². The number of hydrogen-bond donors (Lipinski definition) is 7. The molecule has 1 unspecified atom stereocenters. The summed E-state index contributed by atoms with van der Waals surface area (Å²) >= 11 is 0. The Bertz CT molecular complexity index is 507. The van der Waals surface area contributed by atoms with E-state index in [4.69, 9.17) is 19.6 Å². The molecule has 0 radical (unpaired) electrons. The fourth-order valence-electron chi connectivity index (χ4n) is 1.61. The number of aliphatic hydroxyl groups excluding tert-OH is 2. The molecule has 0 aliphatic carbocycles. The molecule has 1 aliphatic heterocycles. The van der Waals surface area contributed by atoms with E-state index in [1.165, 1.54) is 0 Å². The van der Waals surface area contributed by atoms with E-state index in [-0.39, 0.29) is 0 Å². The van der Waals surface area contributed by atoms with Crippen LogP contribution in [0.25, 0.3) is 0 Å². The highest BCUT2D eigenvalue weighted by molar-refractivity contribution is 7.52. The number of rotatable bonds is 9. The van der Waals surface area contributed by atoms with Gasteiger partial charge in [-0.2, -0.15) is 0 Å². The average Bonchev–Trinajstić information content (AvgIpc) is 2.62. The molecule has 13 nitrogen and oxygen atoms in total. The Balaban J connectivity index is 2.55. The normalized spacial score (nSPS) is 31.0. The second kappa shape index (κ2) is 8.10. The monoisotopic (exact) mass is 381 g/mol. The van der Waals surface area contributed by atoms with Crippen LogP contribution in [0.4, 0.5) is 0 Å². The molecule has 0 aromatic rings. The summed E-state index contributed by atoms with van der Waals surface area (Å²) in [5.74, 6) is -1.27. The van der Waals surface area contributed by atoms with E-state index in [0.29, 0.717) is 0 Å². The number of carbonyl (C=O) groups is 1. The Kier molecular flexibility index (Phi) is 7.26. The van der Waals surface area contributed by atoms with E-state index < -0.39 is 65.4 Å². The molecule has 1 rings (SSSR count). The zero-order valence-electron chi connectivity index (χ0n) is 11.5. The van der Waals surface area contributed by atoms with Crippen molar-refractivity contribution >= 4 is 21.4 Å². The summed E-state index contributed by atoms with van der Waals surface area (Å²) in [5.41, 5.74) is 0. The van der Waals surface area contributed by atoms with E-state index in [2.05, 4.69) is 14.4 Å². The van der Waals surface area contributed by atoms with Crippen LogP contribution in [0.2, 0.25) is 0 Å². The Morgan fingerprint density at radius 1 is 1.17 bits per heavy atom. The summed E-state index contributed by atoms with van der Waals surface area (Å²) in [6, 6.07) is 0. The van der Waals surface area contributed by atoms with Gasteiger partial charge >= 0.3 is 21.4 Å². The first-order valence-corrected chi connectivity index (χ1v) is 9.35. The number of aliphatic carboxylic acids is 1. The lowest BCUT2D eigenvalue weighted by atomic mass is 10.1. The molecule has 1 saturated heterocycles. The van der Waals surface area contributed by atoms with Gasteiger partial charge in [0, 0.05) is 0 Å². The first-order valence-electron chi connectivity index (χ1n) is 6.06. The number of ether oxygens (including phenoxy) is 1. The maximum atomic E-state index is 11.7. The second-order valence-corrected chi connectivity index (χ2v) is 7.57. The number of aliphatic hydroxyl groups is 2. The van der Waals surface area contributed by atoms with Crippen molar-refractivity contribution in [2.75, 3.05) is 19.4 Å². The van der Waals surface area contributed by atoms with Crippen LogP contribution in [0, 0.1) is 0 Å². The van der Waals surface area contributed by atoms with Gasteiger partial charge in [-0.3, -0.25) is 23.7 Å². The molecule has 136 valence electrons. The van der Waals surface area contributed by atoms with Crippen molar-refractivity contribution in [3.63, 3.8) is 0 Å². The third kappa shape index (κ3) is 7.33. The lowest BCUT2D eigenvalue weighted by Gasteiger charge is -2.19. The highest BCUT2D eigenvalue weighted by atomic mass is 31.2. The Hall–Kier alpha value is -0.430. The largest absolute Gasteiger partial charge is 0.480 e. The standard InChI is InChI=1S/C8H17NO12P2/c10-5(11)1-9-3-22(14,15)21-8-7(13)6(12)4(20-8)2-19-23(16,17)18/h4,6-9,12-13H,1-3H2,(H,10,11)(H,14,15)(H2,16,17,18)/t4-,6-,7-,8-/m1/s1. The molecule has 0 spiro atoms. The fraction of sp³-hybridized carbons (Fsp3) is 0.875. The van der Waals surface area contributed by atoms with Gasteiger partial charge in [0.15, 0.2) is 6.29 Å². The molecule has 0 aromatic carbocycles. The molecular weight excluding hydrogens is 364 g/mol. The van der Waals surface area contributed by atoms with Gasteiger partial charge in [0.25, 0.3) is 0 Å². The maximum Gasteiger partial charge on any atom is 0.469 e. The lowest BCUT2D eigenvalue weighted by Crippen LogP contribution is -2.35. The van der Waals surface area contributed by atoms with E-state index in [0.717, 1.165) is 0 Å². The van der Waals surface area contributed by atoms with Crippen molar-refractivity contribution in [1.82, 2.24) is 5.32 Å². The molecule has 0 amide bonds. The highest BCUT2D eigenvalue weighted by Crippen LogP contribution is 2.45. The number of hydrogen-bond acceptors (Lipinski definition) is 9. The van der Waals surface area contributed by atoms with Crippen LogP contribution in [0.1, 0.15) is 0 Å². The zero-order chi connectivity index (χ0) is 17.8. The fourth-order valence-corrected chi connectivity index (χ4v) is 2.92. The Labute approximate surface area is 129 Å². The van der Waals surface area contributed by atoms with Crippen LogP contribution in [0.15, 0.2) is 0 Å². The van der Waals surface area contributed by atoms with E-state index in [9.17, 15) is 29.0 Å². The summed E-state index contributed by atoms with van der Waals surface area (Å²) in [5, 5.41) is 29.8. The topological polar surface area (TPSA) is 212 Å². The Morgan fingerprint density at radius 2 is 1.78 bits per heavy atom. The lowest BCUT2D eigenvalue weighted by molar-refractivity contribution is -0.135. The minimum atomic E-state index is -4.83. The van der Waals surface area contributed by atoms with Crippen LogP contribution >= 0.6 is 15.4 Å². The maximum absolute atomic E-state index is 11.7. The molecular formula is C8H17NO12P2. The van der Waals surface area contributed by atoms with Gasteiger partial charge in [0.1, 0.15) is 18.3 Å². The minimum Gasteiger partial charge on any atom is -0.480 e. The van der Waals surface area contributed by atoms with Crippen LogP contribution in [-0.2, 0) is 27.7 Å². The number of phosphoric ester groups is 1. The van der Waals surface area contributed by atoms with E-state index >= 15 is 0 Å². The second-order valence-electron chi connectivity index (χ2n) is 4.53. The van der Waals surface area contributed by atoms with Crippen molar-refractivity contribution in [2.45, 2.75) is 24.6 Å². The van der Waals surface area contributed by atoms with Gasteiger partial charge in [-0.25, -0.2) is 4.57 Å². The zero-order valence-corrected chi connectivity index (χ0v) is 13.2. The number of carboxylic acid groups (broad SMARTS) is 1. The van der Waals surface area contributed by atoms with Gasteiger partial charge in [0.05, 0.1) is 19.4 Å². The van der Waals surface area contributed by atoms with Crippen LogP contribution < -0.4 is 5.32 Å². The van der Waals surface area contributed by atoms with Crippen LogP contribution in [0.3, 0.4) is 0 Å². The smallest absolute Gasteiger partial charge is 0.469 e. The molecule has 23 heavy (non-hydrogen) atoms. The van der Waals surface area contributed by atoms with Crippen molar-refractivity contribution in [3.8, 4) is 0 Å². The van der Waals surface area contributed by atoms with Crippen LogP contribution in [0.5, 0.6) is 0 Å². The number of phosphoric acid groups is 1. The number of carboxylic acids is 1. The van der Waals surface area contributed by atoms with Gasteiger partial charge in [-0.05, 0) is 0 Å². The molecule has 1 fully saturated rings. The number of nitrogens with one attached hydrogen (secondary N) is 1. The highest BCUT2D eigenvalue weighted by Gasteiger charge is 2.46. The van der Waals surface area contributed by atoms with E-state index in [1.54, 1.807) is 0 Å².